The first-order valence-corrected chi connectivity index (χ1v) is 4.26. The van der Waals surface area contributed by atoms with Crippen molar-refractivity contribution in [3.8, 4) is 11.5 Å². The third kappa shape index (κ3) is 2.05. The van der Waals surface area contributed by atoms with Crippen LogP contribution in [0, 0.1) is 0 Å². The van der Waals surface area contributed by atoms with Gasteiger partial charge in [0.1, 0.15) is 11.5 Å². The van der Waals surface area contributed by atoms with E-state index in [1.165, 1.54) is 7.11 Å². The van der Waals surface area contributed by atoms with E-state index < -0.39 is 0 Å². The molecule has 0 aliphatic heterocycles. The normalized spacial score (nSPS) is 12.6. The van der Waals surface area contributed by atoms with Gasteiger partial charge in [-0.15, -0.1) is 0 Å². The number of hydrogen-bond acceptors (Lipinski definition) is 3. The fourth-order valence-corrected chi connectivity index (χ4v) is 1.28. The van der Waals surface area contributed by atoms with E-state index in [2.05, 4.69) is 0 Å². The van der Waals surface area contributed by atoms with E-state index in [0.29, 0.717) is 11.3 Å². The zero-order valence-corrected chi connectivity index (χ0v) is 8.30. The van der Waals surface area contributed by atoms with E-state index in [4.69, 9.17) is 22.1 Å². The molecular weight excluding hydrogens is 190 g/mol. The van der Waals surface area contributed by atoms with Crippen molar-refractivity contribution in [3.63, 3.8) is 0 Å². The Morgan fingerprint density at radius 1 is 1.54 bits per heavy atom. The molecule has 0 amide bonds. The Morgan fingerprint density at radius 3 is 2.62 bits per heavy atom. The molecule has 0 fully saturated rings. The summed E-state index contributed by atoms with van der Waals surface area (Å²) < 4.78 is 4.99. The minimum absolute atomic E-state index is 0.0254. The van der Waals surface area contributed by atoms with Gasteiger partial charge in [-0.05, 0) is 13.0 Å². The van der Waals surface area contributed by atoms with Gasteiger partial charge < -0.3 is 15.6 Å². The Morgan fingerprint density at radius 2 is 2.15 bits per heavy atom. The van der Waals surface area contributed by atoms with E-state index in [-0.39, 0.29) is 16.8 Å². The Kier molecular flexibility index (Phi) is 3.01. The summed E-state index contributed by atoms with van der Waals surface area (Å²) in [6, 6.07) is 2.95. The van der Waals surface area contributed by atoms with Crippen LogP contribution in [-0.4, -0.2) is 12.2 Å². The molecule has 3 N–H and O–H groups in total. The second-order valence-corrected chi connectivity index (χ2v) is 3.24. The number of ether oxygens (including phenoxy) is 1. The molecule has 0 spiro atoms. The first-order chi connectivity index (χ1) is 6.06. The number of aromatic hydroxyl groups is 1. The maximum Gasteiger partial charge on any atom is 0.139 e. The summed E-state index contributed by atoms with van der Waals surface area (Å²) in [4.78, 5) is 0. The lowest BCUT2D eigenvalue weighted by atomic mass is 10.1. The van der Waals surface area contributed by atoms with Gasteiger partial charge in [-0.3, -0.25) is 0 Å². The van der Waals surface area contributed by atoms with Gasteiger partial charge in [-0.1, -0.05) is 11.6 Å². The van der Waals surface area contributed by atoms with Crippen LogP contribution in [-0.2, 0) is 0 Å². The smallest absolute Gasteiger partial charge is 0.139 e. The summed E-state index contributed by atoms with van der Waals surface area (Å²) in [5, 5.41) is 9.78. The summed E-state index contributed by atoms with van der Waals surface area (Å²) in [6.07, 6.45) is 0. The highest BCUT2D eigenvalue weighted by Crippen LogP contribution is 2.34. The zero-order valence-electron chi connectivity index (χ0n) is 7.54. The monoisotopic (exact) mass is 201 g/mol. The predicted molar refractivity (Wildman–Crippen MR) is 52.3 cm³/mol. The molecule has 1 rings (SSSR count). The van der Waals surface area contributed by atoms with Crippen LogP contribution in [0.4, 0.5) is 0 Å². The van der Waals surface area contributed by atoms with E-state index in [0.717, 1.165) is 0 Å². The molecule has 0 aliphatic rings. The van der Waals surface area contributed by atoms with Crippen LogP contribution < -0.4 is 10.5 Å². The number of hydrogen-bond donors (Lipinski definition) is 2. The highest BCUT2D eigenvalue weighted by atomic mass is 35.5. The molecule has 0 radical (unpaired) electrons. The number of rotatable bonds is 2. The van der Waals surface area contributed by atoms with Crippen molar-refractivity contribution in [2.45, 2.75) is 13.0 Å². The van der Waals surface area contributed by atoms with Gasteiger partial charge in [0.05, 0.1) is 12.1 Å². The van der Waals surface area contributed by atoms with Crippen LogP contribution in [0.3, 0.4) is 0 Å². The van der Waals surface area contributed by atoms with Gasteiger partial charge in [0.2, 0.25) is 0 Å². The number of methoxy groups -OCH3 is 1. The summed E-state index contributed by atoms with van der Waals surface area (Å²) in [7, 11) is 1.54. The maximum atomic E-state index is 9.52. The van der Waals surface area contributed by atoms with Crippen molar-refractivity contribution in [2.24, 2.45) is 5.73 Å². The van der Waals surface area contributed by atoms with Gasteiger partial charge >= 0.3 is 0 Å². The lowest BCUT2D eigenvalue weighted by Gasteiger charge is -2.11. The molecule has 0 aromatic heterocycles. The highest BCUT2D eigenvalue weighted by Gasteiger charge is 2.11. The molecule has 0 unspecified atom stereocenters. The minimum atomic E-state index is -0.271. The van der Waals surface area contributed by atoms with Crippen LogP contribution in [0.15, 0.2) is 12.1 Å². The first-order valence-electron chi connectivity index (χ1n) is 3.88. The summed E-state index contributed by atoms with van der Waals surface area (Å²) in [6.45, 7) is 1.77. The molecule has 0 bridgehead atoms. The zero-order chi connectivity index (χ0) is 10.0. The van der Waals surface area contributed by atoms with Crippen LogP contribution in [0.5, 0.6) is 11.5 Å². The van der Waals surface area contributed by atoms with Gasteiger partial charge in [0.15, 0.2) is 0 Å². The quantitative estimate of drug-likeness (QED) is 0.770. The number of phenolic OH excluding ortho intramolecular Hbond substituents is 1. The van der Waals surface area contributed by atoms with E-state index in [1.807, 2.05) is 0 Å². The van der Waals surface area contributed by atoms with Crippen molar-refractivity contribution >= 4 is 11.6 Å². The number of benzene rings is 1. The van der Waals surface area contributed by atoms with Gasteiger partial charge in [-0.25, -0.2) is 0 Å². The second kappa shape index (κ2) is 3.85. The number of nitrogens with two attached hydrogens (primary N) is 1. The molecule has 0 saturated carbocycles. The molecular formula is C9H12ClNO2. The molecule has 3 nitrogen and oxygen atoms in total. The fourth-order valence-electron chi connectivity index (χ4n) is 1.06. The average Bonchev–Trinajstić information content (AvgIpc) is 2.09. The lowest BCUT2D eigenvalue weighted by molar-refractivity contribution is 0.410. The van der Waals surface area contributed by atoms with Crippen molar-refractivity contribution in [2.75, 3.05) is 7.11 Å². The summed E-state index contributed by atoms with van der Waals surface area (Å²) in [5.41, 5.74) is 6.22. The Hall–Kier alpha value is -0.930. The third-order valence-electron chi connectivity index (χ3n) is 1.79. The molecule has 1 atom stereocenters. The van der Waals surface area contributed by atoms with Crippen LogP contribution in [0.1, 0.15) is 18.5 Å². The van der Waals surface area contributed by atoms with Crippen molar-refractivity contribution < 1.29 is 9.84 Å². The van der Waals surface area contributed by atoms with Gasteiger partial charge in [-0.2, -0.15) is 0 Å². The Bertz CT molecular complexity index is 313. The number of phenols is 1. The molecule has 1 aromatic rings. The van der Waals surface area contributed by atoms with Crippen molar-refractivity contribution in [1.29, 1.82) is 0 Å². The molecule has 72 valence electrons. The van der Waals surface area contributed by atoms with Crippen molar-refractivity contribution in [1.82, 2.24) is 0 Å². The second-order valence-electron chi connectivity index (χ2n) is 2.84. The minimum Gasteiger partial charge on any atom is -0.506 e. The van der Waals surface area contributed by atoms with E-state index >= 15 is 0 Å². The Labute approximate surface area is 82.1 Å². The Balaban J connectivity index is 3.25. The average molecular weight is 202 g/mol. The highest BCUT2D eigenvalue weighted by molar-refractivity contribution is 6.32. The van der Waals surface area contributed by atoms with Crippen LogP contribution >= 0.6 is 11.6 Å². The maximum absolute atomic E-state index is 9.52. The van der Waals surface area contributed by atoms with E-state index in [9.17, 15) is 5.11 Å². The third-order valence-corrected chi connectivity index (χ3v) is 2.08. The molecule has 0 aliphatic carbocycles. The number of halogens is 1. The largest absolute Gasteiger partial charge is 0.506 e. The molecule has 0 heterocycles. The summed E-state index contributed by atoms with van der Waals surface area (Å²) in [5.74, 6) is 0.618. The van der Waals surface area contributed by atoms with Gasteiger partial charge in [0, 0.05) is 17.7 Å². The lowest BCUT2D eigenvalue weighted by Crippen LogP contribution is -2.05. The van der Waals surface area contributed by atoms with Gasteiger partial charge in [0.25, 0.3) is 0 Å². The summed E-state index contributed by atoms with van der Waals surface area (Å²) >= 11 is 5.76. The molecule has 4 heteroatoms. The van der Waals surface area contributed by atoms with E-state index in [1.54, 1.807) is 19.1 Å². The SMILES string of the molecule is COc1cc(Cl)c(O)c([C@@H](C)N)c1. The topological polar surface area (TPSA) is 55.5 Å². The first kappa shape index (κ1) is 10.2. The van der Waals surface area contributed by atoms with Crippen LogP contribution in [0.25, 0.3) is 0 Å². The molecule has 0 saturated heterocycles. The van der Waals surface area contributed by atoms with Crippen molar-refractivity contribution in [3.05, 3.63) is 22.7 Å². The predicted octanol–water partition coefficient (Wildman–Crippen LogP) is 2.07. The fraction of sp³-hybridized carbons (Fsp3) is 0.333. The molecule has 13 heavy (non-hydrogen) atoms. The van der Waals surface area contributed by atoms with Crippen LogP contribution in [0.2, 0.25) is 5.02 Å². The molecule has 1 aromatic carbocycles. The standard InChI is InChI=1S/C9H12ClNO2/c1-5(11)7-3-6(13-2)4-8(10)9(7)12/h3-5,12H,11H2,1-2H3/t5-/m1/s1.